The van der Waals surface area contributed by atoms with Crippen molar-refractivity contribution in [2.75, 3.05) is 7.05 Å². The summed E-state index contributed by atoms with van der Waals surface area (Å²) in [5.41, 5.74) is 6.01. The van der Waals surface area contributed by atoms with Crippen LogP contribution in [0.15, 0.2) is 27.7 Å². The van der Waals surface area contributed by atoms with Crippen LogP contribution in [0.2, 0.25) is 0 Å². The summed E-state index contributed by atoms with van der Waals surface area (Å²) in [7, 11) is 1.78. The second kappa shape index (κ2) is 10.4. The molecule has 0 saturated carbocycles. The predicted octanol–water partition coefficient (Wildman–Crippen LogP) is 3.90. The highest BCUT2D eigenvalue weighted by atomic mass is 127. The van der Waals surface area contributed by atoms with Gasteiger partial charge in [0.2, 0.25) is 0 Å². The Labute approximate surface area is 167 Å². The number of nitrogens with one attached hydrogen (secondary N) is 2. The Morgan fingerprint density at radius 3 is 2.44 bits per heavy atom. The molecule has 0 amide bonds. The van der Waals surface area contributed by atoms with Gasteiger partial charge in [-0.1, -0.05) is 42.8 Å². The molecule has 0 aliphatic heterocycles. The van der Waals surface area contributed by atoms with Gasteiger partial charge in [-0.2, -0.15) is 0 Å². The van der Waals surface area contributed by atoms with Gasteiger partial charge in [-0.05, 0) is 31.4 Å². The largest absolute Gasteiger partial charge is 0.361 e. The number of guanidine groups is 1. The zero-order valence-corrected chi connectivity index (χ0v) is 18.1. The van der Waals surface area contributed by atoms with Gasteiger partial charge in [0.15, 0.2) is 5.96 Å². The maximum absolute atomic E-state index is 5.41. The van der Waals surface area contributed by atoms with Gasteiger partial charge >= 0.3 is 0 Å². The van der Waals surface area contributed by atoms with Crippen molar-refractivity contribution in [1.29, 1.82) is 0 Å². The molecule has 25 heavy (non-hydrogen) atoms. The number of hydrogen-bond donors (Lipinski definition) is 2. The Balaban J connectivity index is 0.00000312. The van der Waals surface area contributed by atoms with E-state index in [-0.39, 0.29) is 24.0 Å². The Morgan fingerprint density at radius 1 is 1.12 bits per heavy atom. The molecule has 0 spiro atoms. The maximum Gasteiger partial charge on any atom is 0.191 e. The Morgan fingerprint density at radius 2 is 1.84 bits per heavy atom. The summed E-state index contributed by atoms with van der Waals surface area (Å²) in [4.78, 5) is 4.30. The fraction of sp³-hybridized carbons (Fsp3) is 0.474. The molecule has 0 aliphatic rings. The second-order valence-electron chi connectivity index (χ2n) is 5.95. The Hall–Kier alpha value is -1.57. The van der Waals surface area contributed by atoms with Crippen molar-refractivity contribution >= 4 is 29.9 Å². The number of nitrogens with zero attached hydrogens (tertiary/aromatic N) is 2. The lowest BCUT2D eigenvalue weighted by Crippen LogP contribution is -2.36. The Bertz CT molecular complexity index is 688. The zero-order chi connectivity index (χ0) is 17.5. The third-order valence-corrected chi connectivity index (χ3v) is 4.21. The van der Waals surface area contributed by atoms with Crippen LogP contribution in [-0.2, 0) is 25.9 Å². The molecule has 0 saturated heterocycles. The van der Waals surface area contributed by atoms with Crippen molar-refractivity contribution in [3.05, 3.63) is 51.9 Å². The van der Waals surface area contributed by atoms with Crippen LogP contribution in [0.25, 0.3) is 0 Å². The molecular weight excluding hydrogens is 427 g/mol. The molecule has 2 aromatic rings. The molecule has 1 aromatic heterocycles. The van der Waals surface area contributed by atoms with Crippen LogP contribution < -0.4 is 10.6 Å². The predicted molar refractivity (Wildman–Crippen MR) is 114 cm³/mol. The summed E-state index contributed by atoms with van der Waals surface area (Å²) in [6, 6.07) is 6.50. The van der Waals surface area contributed by atoms with E-state index in [1.165, 1.54) is 16.7 Å². The zero-order valence-electron chi connectivity index (χ0n) is 15.8. The second-order valence-corrected chi connectivity index (χ2v) is 5.95. The van der Waals surface area contributed by atoms with Gasteiger partial charge in [-0.25, -0.2) is 0 Å². The lowest BCUT2D eigenvalue weighted by atomic mass is 10.1. The van der Waals surface area contributed by atoms with E-state index in [0.717, 1.165) is 42.4 Å². The van der Waals surface area contributed by atoms with Gasteiger partial charge < -0.3 is 15.2 Å². The van der Waals surface area contributed by atoms with Crippen molar-refractivity contribution in [1.82, 2.24) is 15.8 Å². The lowest BCUT2D eigenvalue weighted by molar-refractivity contribution is 0.380. The molecule has 5 nitrogen and oxygen atoms in total. The highest BCUT2D eigenvalue weighted by Gasteiger charge is 2.13. The molecule has 2 rings (SSSR count). The maximum atomic E-state index is 5.41. The van der Waals surface area contributed by atoms with E-state index >= 15 is 0 Å². The molecule has 0 unspecified atom stereocenters. The van der Waals surface area contributed by atoms with Crippen molar-refractivity contribution in [2.24, 2.45) is 4.99 Å². The molecule has 0 radical (unpaired) electrons. The van der Waals surface area contributed by atoms with Crippen molar-refractivity contribution in [2.45, 2.75) is 53.6 Å². The molecule has 0 bridgehead atoms. The SMILES string of the molecule is CCc1noc(CC)c1CNC(=NC)NCc1ccc(C)cc1C.I. The molecule has 0 atom stereocenters. The molecule has 1 aromatic carbocycles. The van der Waals surface area contributed by atoms with Crippen molar-refractivity contribution in [3.8, 4) is 0 Å². The van der Waals surface area contributed by atoms with Crippen LogP contribution in [0, 0.1) is 13.8 Å². The topological polar surface area (TPSA) is 62.5 Å². The monoisotopic (exact) mass is 456 g/mol. The van der Waals surface area contributed by atoms with Gasteiger partial charge in [-0.3, -0.25) is 4.99 Å². The molecule has 1 heterocycles. The summed E-state index contributed by atoms with van der Waals surface area (Å²) in [6.07, 6.45) is 1.72. The molecule has 0 fully saturated rings. The van der Waals surface area contributed by atoms with E-state index in [2.05, 4.69) is 66.7 Å². The number of halogens is 1. The lowest BCUT2D eigenvalue weighted by Gasteiger charge is -2.13. The van der Waals surface area contributed by atoms with Gasteiger partial charge in [0.05, 0.1) is 5.69 Å². The highest BCUT2D eigenvalue weighted by Crippen LogP contribution is 2.15. The van der Waals surface area contributed by atoms with E-state index in [1.807, 2.05) is 0 Å². The van der Waals surface area contributed by atoms with Gasteiger partial charge in [0.1, 0.15) is 5.76 Å². The van der Waals surface area contributed by atoms with E-state index < -0.39 is 0 Å². The molecule has 6 heteroatoms. The van der Waals surface area contributed by atoms with Crippen molar-refractivity contribution < 1.29 is 4.52 Å². The number of rotatable bonds is 6. The van der Waals surface area contributed by atoms with Gasteiger partial charge in [-0.15, -0.1) is 24.0 Å². The number of hydrogen-bond acceptors (Lipinski definition) is 3. The average Bonchev–Trinajstić information content (AvgIpc) is 2.98. The summed E-state index contributed by atoms with van der Waals surface area (Å²) in [5, 5.41) is 10.9. The van der Waals surface area contributed by atoms with E-state index in [9.17, 15) is 0 Å². The van der Waals surface area contributed by atoms with E-state index in [0.29, 0.717) is 6.54 Å². The minimum absolute atomic E-state index is 0. The summed E-state index contributed by atoms with van der Waals surface area (Å²) >= 11 is 0. The van der Waals surface area contributed by atoms with Crippen molar-refractivity contribution in [3.63, 3.8) is 0 Å². The van der Waals surface area contributed by atoms with Crippen LogP contribution >= 0.6 is 24.0 Å². The van der Waals surface area contributed by atoms with Crippen LogP contribution in [0.1, 0.15) is 47.6 Å². The number of benzene rings is 1. The Kier molecular flexibility index (Phi) is 8.96. The van der Waals surface area contributed by atoms with E-state index in [1.54, 1.807) is 7.05 Å². The molecule has 138 valence electrons. The fourth-order valence-electron chi connectivity index (χ4n) is 2.75. The first-order valence-corrected chi connectivity index (χ1v) is 8.55. The summed E-state index contributed by atoms with van der Waals surface area (Å²) in [5.74, 6) is 1.73. The minimum Gasteiger partial charge on any atom is -0.361 e. The van der Waals surface area contributed by atoms with E-state index in [4.69, 9.17) is 4.52 Å². The number of aliphatic imine (C=N–C) groups is 1. The minimum atomic E-state index is 0. The molecule has 0 aliphatic carbocycles. The summed E-state index contributed by atoms with van der Waals surface area (Å²) in [6.45, 7) is 9.84. The normalized spacial score (nSPS) is 11.2. The first kappa shape index (κ1) is 21.5. The first-order chi connectivity index (χ1) is 11.6. The smallest absolute Gasteiger partial charge is 0.191 e. The van der Waals surface area contributed by atoms with Crippen LogP contribution in [-0.4, -0.2) is 18.2 Å². The number of aromatic nitrogens is 1. The van der Waals surface area contributed by atoms with Gasteiger partial charge in [0, 0.05) is 32.1 Å². The summed E-state index contributed by atoms with van der Waals surface area (Å²) < 4.78 is 5.41. The van der Waals surface area contributed by atoms with Crippen LogP contribution in [0.5, 0.6) is 0 Å². The standard InChI is InChI=1S/C19H28N4O.HI/c1-6-17-16(18(7-2)24-23-17)12-22-19(20-5)21-11-15-9-8-13(3)10-14(15)4;/h8-10H,6-7,11-12H2,1-5H3,(H2,20,21,22);1H. The quantitative estimate of drug-likeness (QED) is 0.393. The van der Waals surface area contributed by atoms with Gasteiger partial charge in [0.25, 0.3) is 0 Å². The third kappa shape index (κ3) is 5.73. The van der Waals surface area contributed by atoms with Crippen LogP contribution in [0.4, 0.5) is 0 Å². The van der Waals surface area contributed by atoms with Crippen LogP contribution in [0.3, 0.4) is 0 Å². The molecular formula is C19H29IN4O. The first-order valence-electron chi connectivity index (χ1n) is 8.55. The highest BCUT2D eigenvalue weighted by molar-refractivity contribution is 14.0. The third-order valence-electron chi connectivity index (χ3n) is 4.21. The molecule has 2 N–H and O–H groups in total. The number of aryl methyl sites for hydroxylation is 4. The fourth-order valence-corrected chi connectivity index (χ4v) is 2.75. The average molecular weight is 456 g/mol.